The zero-order valence-electron chi connectivity index (χ0n) is 17.7. The highest BCUT2D eigenvalue weighted by Crippen LogP contribution is 2.16. The lowest BCUT2D eigenvalue weighted by molar-refractivity contribution is -0.142. The first-order chi connectivity index (χ1) is 13.5. The van der Waals surface area contributed by atoms with Crippen molar-refractivity contribution in [1.29, 1.82) is 0 Å². The third-order valence-corrected chi connectivity index (χ3v) is 4.81. The predicted molar refractivity (Wildman–Crippen MR) is 119 cm³/mol. The Morgan fingerprint density at radius 1 is 1.14 bits per heavy atom. The van der Waals surface area contributed by atoms with Gasteiger partial charge in [-0.15, -0.1) is 0 Å². The fourth-order valence-corrected chi connectivity index (χ4v) is 3.04. The quantitative estimate of drug-likeness (QED) is 0.662. The SMILES string of the molecule is Cc1cccc(OCC(=O)N(Cc2ccc(Br)cc2)[C@@H](C)C(=O)NC(C)(C)C)c1. The molecule has 0 aliphatic heterocycles. The monoisotopic (exact) mass is 460 g/mol. The van der Waals surface area contributed by atoms with Crippen LogP contribution < -0.4 is 10.1 Å². The first-order valence-electron chi connectivity index (χ1n) is 9.60. The van der Waals surface area contributed by atoms with Crippen LogP contribution in [-0.2, 0) is 16.1 Å². The maximum absolute atomic E-state index is 13.0. The second-order valence-electron chi connectivity index (χ2n) is 8.17. The number of carbonyl (C=O) groups is 2. The van der Waals surface area contributed by atoms with E-state index in [4.69, 9.17) is 4.74 Å². The summed E-state index contributed by atoms with van der Waals surface area (Å²) in [5, 5.41) is 2.95. The van der Waals surface area contributed by atoms with Gasteiger partial charge in [0.05, 0.1) is 0 Å². The Morgan fingerprint density at radius 2 is 1.79 bits per heavy atom. The van der Waals surface area contributed by atoms with Crippen LogP contribution in [0.15, 0.2) is 53.0 Å². The van der Waals surface area contributed by atoms with Gasteiger partial charge in [-0.2, -0.15) is 0 Å². The maximum atomic E-state index is 13.0. The number of carbonyl (C=O) groups excluding carboxylic acids is 2. The largest absolute Gasteiger partial charge is 0.484 e. The molecule has 1 atom stereocenters. The molecule has 6 heteroatoms. The lowest BCUT2D eigenvalue weighted by Gasteiger charge is -2.31. The van der Waals surface area contributed by atoms with E-state index in [0.29, 0.717) is 12.3 Å². The molecule has 0 aliphatic rings. The number of aryl methyl sites for hydroxylation is 1. The minimum absolute atomic E-state index is 0.132. The molecule has 0 aromatic heterocycles. The van der Waals surface area contributed by atoms with Crippen molar-refractivity contribution < 1.29 is 14.3 Å². The molecule has 0 heterocycles. The molecule has 0 spiro atoms. The molecule has 156 valence electrons. The summed E-state index contributed by atoms with van der Waals surface area (Å²) in [5.74, 6) is 0.193. The number of hydrogen-bond donors (Lipinski definition) is 1. The van der Waals surface area contributed by atoms with Crippen LogP contribution >= 0.6 is 15.9 Å². The number of amides is 2. The highest BCUT2D eigenvalue weighted by Gasteiger charge is 2.28. The van der Waals surface area contributed by atoms with Crippen molar-refractivity contribution in [2.45, 2.75) is 52.7 Å². The summed E-state index contributed by atoms with van der Waals surface area (Å²) < 4.78 is 6.65. The molecule has 0 fully saturated rings. The van der Waals surface area contributed by atoms with Crippen molar-refractivity contribution in [3.63, 3.8) is 0 Å². The van der Waals surface area contributed by atoms with Crippen LogP contribution in [0, 0.1) is 6.92 Å². The molecule has 0 unspecified atom stereocenters. The predicted octanol–water partition coefficient (Wildman–Crippen LogP) is 4.47. The number of ether oxygens (including phenoxy) is 1. The van der Waals surface area contributed by atoms with Crippen LogP contribution in [0.2, 0.25) is 0 Å². The molecule has 2 aromatic rings. The van der Waals surface area contributed by atoms with Gasteiger partial charge in [0.15, 0.2) is 6.61 Å². The highest BCUT2D eigenvalue weighted by atomic mass is 79.9. The summed E-state index contributed by atoms with van der Waals surface area (Å²) in [6.45, 7) is 9.64. The van der Waals surface area contributed by atoms with Crippen LogP contribution in [-0.4, -0.2) is 34.9 Å². The Balaban J connectivity index is 2.16. The van der Waals surface area contributed by atoms with Crippen LogP contribution in [0.5, 0.6) is 5.75 Å². The summed E-state index contributed by atoms with van der Waals surface area (Å²) in [7, 11) is 0. The van der Waals surface area contributed by atoms with E-state index in [1.54, 1.807) is 11.8 Å². The van der Waals surface area contributed by atoms with Crippen molar-refractivity contribution in [2.75, 3.05) is 6.61 Å². The van der Waals surface area contributed by atoms with E-state index in [9.17, 15) is 9.59 Å². The van der Waals surface area contributed by atoms with Gasteiger partial charge in [0.25, 0.3) is 5.91 Å². The number of nitrogens with zero attached hydrogens (tertiary/aromatic N) is 1. The van der Waals surface area contributed by atoms with Gasteiger partial charge < -0.3 is 15.0 Å². The Kier molecular flexibility index (Phi) is 7.85. The third kappa shape index (κ3) is 7.54. The van der Waals surface area contributed by atoms with Crippen molar-refractivity contribution in [3.8, 4) is 5.75 Å². The zero-order valence-corrected chi connectivity index (χ0v) is 19.2. The standard InChI is InChI=1S/C23H29BrN2O3/c1-16-7-6-8-20(13-16)29-15-21(27)26(14-18-9-11-19(24)12-10-18)17(2)22(28)25-23(3,4)5/h6-13,17H,14-15H2,1-5H3,(H,25,28)/t17-/m0/s1. The first kappa shape index (κ1) is 22.9. The average Bonchev–Trinajstić information content (AvgIpc) is 2.64. The van der Waals surface area contributed by atoms with Gasteiger partial charge in [-0.1, -0.05) is 40.2 Å². The van der Waals surface area contributed by atoms with Gasteiger partial charge in [-0.25, -0.2) is 0 Å². The highest BCUT2D eigenvalue weighted by molar-refractivity contribution is 9.10. The van der Waals surface area contributed by atoms with E-state index in [0.717, 1.165) is 15.6 Å². The molecule has 0 bridgehead atoms. The van der Waals surface area contributed by atoms with E-state index in [1.807, 2.05) is 76.2 Å². The molecular weight excluding hydrogens is 432 g/mol. The van der Waals surface area contributed by atoms with Crippen LogP contribution in [0.25, 0.3) is 0 Å². The van der Waals surface area contributed by atoms with E-state index in [1.165, 1.54) is 0 Å². The third-order valence-electron chi connectivity index (χ3n) is 4.28. The van der Waals surface area contributed by atoms with Crippen molar-refractivity contribution in [1.82, 2.24) is 10.2 Å². The molecule has 2 rings (SSSR count). The van der Waals surface area contributed by atoms with Gasteiger partial charge in [-0.3, -0.25) is 9.59 Å². The second-order valence-corrected chi connectivity index (χ2v) is 9.08. The van der Waals surface area contributed by atoms with Crippen LogP contribution in [0.1, 0.15) is 38.8 Å². The Bertz CT molecular complexity index is 844. The average molecular weight is 461 g/mol. The smallest absolute Gasteiger partial charge is 0.261 e. The summed E-state index contributed by atoms with van der Waals surface area (Å²) >= 11 is 3.42. The molecule has 5 nitrogen and oxygen atoms in total. The molecule has 0 aliphatic carbocycles. The topological polar surface area (TPSA) is 58.6 Å². The summed E-state index contributed by atoms with van der Waals surface area (Å²) in [6, 6.07) is 14.6. The van der Waals surface area contributed by atoms with Crippen molar-refractivity contribution >= 4 is 27.7 Å². The number of nitrogens with one attached hydrogen (secondary N) is 1. The summed E-state index contributed by atoms with van der Waals surface area (Å²) in [6.07, 6.45) is 0. The molecule has 2 amide bonds. The van der Waals surface area contributed by atoms with Crippen molar-refractivity contribution in [3.05, 3.63) is 64.1 Å². The fraction of sp³-hybridized carbons (Fsp3) is 0.391. The lowest BCUT2D eigenvalue weighted by Crippen LogP contribution is -2.53. The van der Waals surface area contributed by atoms with Gasteiger partial charge in [0.1, 0.15) is 11.8 Å². The first-order valence-corrected chi connectivity index (χ1v) is 10.4. The van der Waals surface area contributed by atoms with Gasteiger partial charge in [0, 0.05) is 16.6 Å². The summed E-state index contributed by atoms with van der Waals surface area (Å²) in [4.78, 5) is 27.3. The molecule has 0 saturated carbocycles. The number of rotatable bonds is 7. The number of halogens is 1. The van der Waals surface area contributed by atoms with E-state index < -0.39 is 6.04 Å². The summed E-state index contributed by atoms with van der Waals surface area (Å²) in [5.41, 5.74) is 1.61. The lowest BCUT2D eigenvalue weighted by atomic mass is 10.1. The van der Waals surface area contributed by atoms with Gasteiger partial charge >= 0.3 is 0 Å². The molecule has 1 N–H and O–H groups in total. The Hall–Kier alpha value is -2.34. The zero-order chi connectivity index (χ0) is 21.6. The van der Waals surface area contributed by atoms with Crippen LogP contribution in [0.4, 0.5) is 0 Å². The maximum Gasteiger partial charge on any atom is 0.261 e. The molecule has 29 heavy (non-hydrogen) atoms. The molecule has 0 saturated heterocycles. The minimum atomic E-state index is -0.633. The fourth-order valence-electron chi connectivity index (χ4n) is 2.78. The van der Waals surface area contributed by atoms with Crippen LogP contribution in [0.3, 0.4) is 0 Å². The van der Waals surface area contributed by atoms with E-state index in [-0.39, 0.29) is 24.0 Å². The van der Waals surface area contributed by atoms with E-state index >= 15 is 0 Å². The second kappa shape index (κ2) is 9.92. The molecular formula is C23H29BrN2O3. The van der Waals surface area contributed by atoms with Gasteiger partial charge in [-0.05, 0) is 70.0 Å². The molecule has 2 aromatic carbocycles. The Labute approximate surface area is 181 Å². The van der Waals surface area contributed by atoms with Gasteiger partial charge in [0.2, 0.25) is 5.91 Å². The number of hydrogen-bond acceptors (Lipinski definition) is 3. The van der Waals surface area contributed by atoms with E-state index in [2.05, 4.69) is 21.2 Å². The molecule has 0 radical (unpaired) electrons. The minimum Gasteiger partial charge on any atom is -0.484 e. The normalized spacial score (nSPS) is 12.2. The Morgan fingerprint density at radius 3 is 2.38 bits per heavy atom. The van der Waals surface area contributed by atoms with Crippen molar-refractivity contribution in [2.24, 2.45) is 0 Å². The number of benzene rings is 2.